The van der Waals surface area contributed by atoms with Gasteiger partial charge in [-0.1, -0.05) is 32.0 Å². The van der Waals surface area contributed by atoms with E-state index in [1.165, 1.54) is 0 Å². The number of aromatic amines is 2. The van der Waals surface area contributed by atoms with Crippen LogP contribution in [0.4, 0.5) is 5.69 Å². The van der Waals surface area contributed by atoms with Gasteiger partial charge in [-0.25, -0.2) is 4.98 Å². The predicted octanol–water partition coefficient (Wildman–Crippen LogP) is 3.73. The highest BCUT2D eigenvalue weighted by atomic mass is 16.1. The minimum Gasteiger partial charge on any atom is -0.337 e. The average molecular weight is 331 g/mol. The van der Waals surface area contributed by atoms with Gasteiger partial charge in [-0.3, -0.25) is 9.89 Å². The number of hydrogen-bond acceptors (Lipinski definition) is 3. The third-order valence-corrected chi connectivity index (χ3v) is 4.92. The van der Waals surface area contributed by atoms with E-state index in [2.05, 4.69) is 40.4 Å². The summed E-state index contributed by atoms with van der Waals surface area (Å²) in [7, 11) is 0. The van der Waals surface area contributed by atoms with Gasteiger partial charge in [0, 0.05) is 22.9 Å². The highest BCUT2D eigenvalue weighted by molar-refractivity contribution is 5.99. The van der Waals surface area contributed by atoms with E-state index >= 15 is 0 Å². The number of para-hydroxylation sites is 1. The average Bonchev–Trinajstić information content (AvgIpc) is 3.15. The maximum Gasteiger partial charge on any atom is 0.225 e. The SMILES string of the molecule is CC1(C)CC(=O)Nc2cc3nc(-c4n[nH]c5ccccc45)[nH]c3cc21. The number of nitrogens with one attached hydrogen (secondary N) is 3. The molecule has 1 aliphatic rings. The first kappa shape index (κ1) is 14.2. The van der Waals surface area contributed by atoms with E-state index in [0.29, 0.717) is 6.42 Å². The van der Waals surface area contributed by atoms with Gasteiger partial charge in [0.2, 0.25) is 5.91 Å². The number of carbonyl (C=O) groups excluding carboxylic acids is 1. The molecule has 4 aromatic rings. The summed E-state index contributed by atoms with van der Waals surface area (Å²) in [6, 6.07) is 12.0. The van der Waals surface area contributed by atoms with E-state index in [-0.39, 0.29) is 11.3 Å². The summed E-state index contributed by atoms with van der Waals surface area (Å²) in [5, 5.41) is 11.4. The zero-order valence-corrected chi connectivity index (χ0v) is 14.0. The molecule has 6 nitrogen and oxygen atoms in total. The van der Waals surface area contributed by atoms with Crippen molar-refractivity contribution in [2.45, 2.75) is 25.7 Å². The molecule has 0 fully saturated rings. The first-order valence-corrected chi connectivity index (χ1v) is 8.29. The Morgan fingerprint density at radius 3 is 2.84 bits per heavy atom. The van der Waals surface area contributed by atoms with E-state index in [1.54, 1.807) is 0 Å². The lowest BCUT2D eigenvalue weighted by molar-refractivity contribution is -0.117. The van der Waals surface area contributed by atoms with Gasteiger partial charge in [-0.05, 0) is 23.8 Å². The maximum absolute atomic E-state index is 12.0. The second-order valence-electron chi connectivity index (χ2n) is 7.23. The molecule has 0 bridgehead atoms. The number of benzene rings is 2. The Kier molecular flexibility index (Phi) is 2.67. The molecular weight excluding hydrogens is 314 g/mol. The van der Waals surface area contributed by atoms with E-state index < -0.39 is 0 Å². The fourth-order valence-corrected chi connectivity index (χ4v) is 3.67. The molecule has 2 aromatic heterocycles. The molecule has 3 heterocycles. The van der Waals surface area contributed by atoms with Crippen molar-refractivity contribution < 1.29 is 4.79 Å². The highest BCUT2D eigenvalue weighted by Crippen LogP contribution is 2.39. The molecule has 0 atom stereocenters. The van der Waals surface area contributed by atoms with Gasteiger partial charge in [0.15, 0.2) is 5.82 Å². The molecule has 0 saturated carbocycles. The van der Waals surface area contributed by atoms with Crippen LogP contribution in [0.15, 0.2) is 36.4 Å². The van der Waals surface area contributed by atoms with Crippen molar-refractivity contribution in [1.29, 1.82) is 0 Å². The Labute approximate surface area is 143 Å². The molecule has 2 aromatic carbocycles. The van der Waals surface area contributed by atoms with Gasteiger partial charge < -0.3 is 10.3 Å². The normalized spacial score (nSPS) is 16.2. The third kappa shape index (κ3) is 2.07. The highest BCUT2D eigenvalue weighted by Gasteiger charge is 2.32. The van der Waals surface area contributed by atoms with Gasteiger partial charge >= 0.3 is 0 Å². The number of H-pyrrole nitrogens is 2. The van der Waals surface area contributed by atoms with E-state index in [0.717, 1.165) is 44.7 Å². The first-order valence-electron chi connectivity index (χ1n) is 8.29. The van der Waals surface area contributed by atoms with Crippen molar-refractivity contribution in [3.8, 4) is 11.5 Å². The molecule has 6 heteroatoms. The number of nitrogens with zero attached hydrogens (tertiary/aromatic N) is 2. The van der Waals surface area contributed by atoms with Crippen molar-refractivity contribution >= 4 is 33.5 Å². The lowest BCUT2D eigenvalue weighted by Gasteiger charge is -2.31. The van der Waals surface area contributed by atoms with Crippen LogP contribution in [-0.4, -0.2) is 26.1 Å². The molecular formula is C19H17N5O. The second-order valence-corrected chi connectivity index (χ2v) is 7.23. The van der Waals surface area contributed by atoms with Crippen LogP contribution in [-0.2, 0) is 10.2 Å². The van der Waals surface area contributed by atoms with E-state index in [9.17, 15) is 4.79 Å². The van der Waals surface area contributed by atoms with Crippen molar-refractivity contribution in [3.63, 3.8) is 0 Å². The molecule has 1 aliphatic heterocycles. The summed E-state index contributed by atoms with van der Waals surface area (Å²) in [5.41, 5.74) is 5.32. The van der Waals surface area contributed by atoms with Crippen LogP contribution < -0.4 is 5.32 Å². The Hall–Kier alpha value is -3.15. The molecule has 0 saturated heterocycles. The smallest absolute Gasteiger partial charge is 0.225 e. The monoisotopic (exact) mass is 331 g/mol. The van der Waals surface area contributed by atoms with E-state index in [4.69, 9.17) is 4.98 Å². The van der Waals surface area contributed by atoms with Crippen LogP contribution in [0.3, 0.4) is 0 Å². The Balaban J connectivity index is 1.71. The van der Waals surface area contributed by atoms with Crippen LogP contribution in [0.1, 0.15) is 25.8 Å². The summed E-state index contributed by atoms with van der Waals surface area (Å²) < 4.78 is 0. The molecule has 1 amide bonds. The largest absolute Gasteiger partial charge is 0.337 e. The van der Waals surface area contributed by atoms with Crippen LogP contribution in [0.2, 0.25) is 0 Å². The second kappa shape index (κ2) is 4.69. The topological polar surface area (TPSA) is 86.5 Å². The van der Waals surface area contributed by atoms with Gasteiger partial charge in [0.05, 0.1) is 16.6 Å². The number of rotatable bonds is 1. The van der Waals surface area contributed by atoms with Gasteiger partial charge in [-0.15, -0.1) is 0 Å². The summed E-state index contributed by atoms with van der Waals surface area (Å²) in [4.78, 5) is 20.0. The Morgan fingerprint density at radius 1 is 1.12 bits per heavy atom. The quantitative estimate of drug-likeness (QED) is 0.497. The summed E-state index contributed by atoms with van der Waals surface area (Å²) in [5.74, 6) is 0.768. The number of hydrogen-bond donors (Lipinski definition) is 3. The molecule has 3 N–H and O–H groups in total. The molecule has 0 aliphatic carbocycles. The van der Waals surface area contributed by atoms with Crippen molar-refractivity contribution in [1.82, 2.24) is 20.2 Å². The van der Waals surface area contributed by atoms with Crippen LogP contribution >= 0.6 is 0 Å². The lowest BCUT2D eigenvalue weighted by Crippen LogP contribution is -2.32. The number of carbonyl (C=O) groups is 1. The summed E-state index contributed by atoms with van der Waals surface area (Å²) in [6.45, 7) is 4.18. The zero-order valence-electron chi connectivity index (χ0n) is 14.0. The Bertz CT molecular complexity index is 1150. The van der Waals surface area contributed by atoms with Crippen LogP contribution in [0.25, 0.3) is 33.5 Å². The van der Waals surface area contributed by atoms with Gasteiger partial charge in [0.1, 0.15) is 5.69 Å². The van der Waals surface area contributed by atoms with Crippen molar-refractivity contribution in [2.75, 3.05) is 5.32 Å². The molecule has 5 rings (SSSR count). The number of anilines is 1. The van der Waals surface area contributed by atoms with Crippen LogP contribution in [0, 0.1) is 0 Å². The number of imidazole rings is 1. The third-order valence-electron chi connectivity index (χ3n) is 4.92. The number of fused-ring (bicyclic) bond motifs is 3. The standard InChI is InChI=1S/C19H17N5O/c1-19(2)9-16(25)20-13-8-15-14(7-11(13)19)21-18(22-15)17-10-5-3-4-6-12(10)23-24-17/h3-8H,9H2,1-2H3,(H,20,25)(H,21,22)(H,23,24). The molecule has 0 radical (unpaired) electrons. The minimum atomic E-state index is -0.198. The van der Waals surface area contributed by atoms with E-state index in [1.807, 2.05) is 30.3 Å². The van der Waals surface area contributed by atoms with Crippen molar-refractivity contribution in [3.05, 3.63) is 42.0 Å². The molecule has 25 heavy (non-hydrogen) atoms. The summed E-state index contributed by atoms with van der Waals surface area (Å²) >= 11 is 0. The maximum atomic E-state index is 12.0. The zero-order chi connectivity index (χ0) is 17.2. The van der Waals surface area contributed by atoms with Gasteiger partial charge in [-0.2, -0.15) is 5.10 Å². The lowest BCUT2D eigenvalue weighted by atomic mass is 9.78. The van der Waals surface area contributed by atoms with Crippen LogP contribution in [0.5, 0.6) is 0 Å². The predicted molar refractivity (Wildman–Crippen MR) is 97.5 cm³/mol. The molecule has 0 unspecified atom stereocenters. The molecule has 0 spiro atoms. The summed E-state index contributed by atoms with van der Waals surface area (Å²) in [6.07, 6.45) is 0.483. The number of aromatic nitrogens is 4. The van der Waals surface area contributed by atoms with Gasteiger partial charge in [0.25, 0.3) is 0 Å². The fraction of sp³-hybridized carbons (Fsp3) is 0.211. The first-order chi connectivity index (χ1) is 12.0. The van der Waals surface area contributed by atoms with Crippen molar-refractivity contribution in [2.24, 2.45) is 0 Å². The molecule has 124 valence electrons. The number of amides is 1. The Morgan fingerprint density at radius 2 is 1.96 bits per heavy atom. The fourth-order valence-electron chi connectivity index (χ4n) is 3.67. The minimum absolute atomic E-state index is 0.0471.